The van der Waals surface area contributed by atoms with Crippen LogP contribution in [-0.2, 0) is 0 Å². The normalized spacial score (nSPS) is 22.1. The van der Waals surface area contributed by atoms with E-state index in [1.807, 2.05) is 0 Å². The summed E-state index contributed by atoms with van der Waals surface area (Å²) in [6, 6.07) is 2.68. The summed E-state index contributed by atoms with van der Waals surface area (Å²) in [5.74, 6) is -0.686. The lowest BCUT2D eigenvalue weighted by molar-refractivity contribution is 0.0783. The van der Waals surface area contributed by atoms with Crippen LogP contribution in [0.3, 0.4) is 0 Å². The van der Waals surface area contributed by atoms with Gasteiger partial charge in [0.2, 0.25) is 0 Å². The van der Waals surface area contributed by atoms with Crippen molar-refractivity contribution in [3.05, 3.63) is 33.6 Å². The summed E-state index contributed by atoms with van der Waals surface area (Å²) < 4.78 is 13.8. The van der Waals surface area contributed by atoms with Crippen LogP contribution in [0.1, 0.15) is 50.4 Å². The average molecular weight is 346 g/mol. The lowest BCUT2D eigenvalue weighted by Gasteiger charge is -2.30. The second kappa shape index (κ2) is 6.46. The number of ketones is 1. The molecule has 0 bridgehead atoms. The van der Waals surface area contributed by atoms with Crippen molar-refractivity contribution in [3.63, 3.8) is 0 Å². The highest BCUT2D eigenvalue weighted by Gasteiger charge is 2.42. The molecular weight excluding hydrogens is 324 g/mol. The highest BCUT2D eigenvalue weighted by Crippen LogP contribution is 2.39. The van der Waals surface area contributed by atoms with Crippen LogP contribution in [0.5, 0.6) is 0 Å². The first kappa shape index (κ1) is 17.7. The molecule has 2 rings (SSSR count). The van der Waals surface area contributed by atoms with Crippen molar-refractivity contribution >= 4 is 29.0 Å². The molecule has 1 aliphatic rings. The average Bonchev–Trinajstić information content (AvgIpc) is 2.90. The van der Waals surface area contributed by atoms with Crippen molar-refractivity contribution in [1.29, 1.82) is 0 Å². The fourth-order valence-electron chi connectivity index (χ4n) is 2.87. The number of hydrogen-bond acceptors (Lipinski definition) is 2. The van der Waals surface area contributed by atoms with Crippen LogP contribution >= 0.6 is 23.2 Å². The Morgan fingerprint density at radius 1 is 1.36 bits per heavy atom. The molecule has 5 heteroatoms. The second-order valence-corrected chi connectivity index (χ2v) is 8.14. The third kappa shape index (κ3) is 3.81. The van der Waals surface area contributed by atoms with Gasteiger partial charge in [0.1, 0.15) is 5.82 Å². The van der Waals surface area contributed by atoms with E-state index in [0.29, 0.717) is 12.1 Å². The van der Waals surface area contributed by atoms with E-state index in [1.54, 1.807) is 0 Å². The van der Waals surface area contributed by atoms with Crippen LogP contribution in [0, 0.1) is 16.6 Å². The van der Waals surface area contributed by atoms with Crippen molar-refractivity contribution in [1.82, 2.24) is 5.32 Å². The highest BCUT2D eigenvalue weighted by molar-refractivity contribution is 6.42. The summed E-state index contributed by atoms with van der Waals surface area (Å²) in [6.45, 7) is 7.91. The number of Topliss-reactive ketones (excluding diaryl/α,β-unsaturated/α-hetero) is 1. The smallest absolute Gasteiger partial charge is 0.170 e. The van der Waals surface area contributed by atoms with Gasteiger partial charge in [-0.05, 0) is 43.4 Å². The molecule has 22 heavy (non-hydrogen) atoms. The van der Waals surface area contributed by atoms with Crippen LogP contribution in [0.4, 0.5) is 4.39 Å². The van der Waals surface area contributed by atoms with Crippen molar-refractivity contribution in [3.8, 4) is 0 Å². The number of hydrogen-bond donors (Lipinski definition) is 1. The summed E-state index contributed by atoms with van der Waals surface area (Å²) >= 11 is 11.7. The Balaban J connectivity index is 2.31. The van der Waals surface area contributed by atoms with E-state index in [9.17, 15) is 9.18 Å². The van der Waals surface area contributed by atoms with Gasteiger partial charge in [-0.1, -0.05) is 44.0 Å². The van der Waals surface area contributed by atoms with Gasteiger partial charge in [0.05, 0.1) is 10.0 Å². The van der Waals surface area contributed by atoms with E-state index in [1.165, 1.54) is 12.1 Å². The third-order valence-electron chi connectivity index (χ3n) is 4.32. The number of carbonyl (C=O) groups is 1. The first-order chi connectivity index (χ1) is 10.1. The van der Waals surface area contributed by atoms with Gasteiger partial charge in [0, 0.05) is 17.5 Å². The molecule has 1 heterocycles. The van der Waals surface area contributed by atoms with Gasteiger partial charge >= 0.3 is 0 Å². The minimum absolute atomic E-state index is 0.0424. The monoisotopic (exact) mass is 345 g/mol. The zero-order valence-electron chi connectivity index (χ0n) is 13.2. The Labute approximate surface area is 141 Å². The maximum atomic E-state index is 13.8. The highest BCUT2D eigenvalue weighted by atomic mass is 35.5. The minimum Gasteiger partial charge on any atom is -0.316 e. The van der Waals surface area contributed by atoms with Crippen molar-refractivity contribution in [2.45, 2.75) is 40.0 Å². The fourth-order valence-corrected chi connectivity index (χ4v) is 3.19. The molecule has 1 N–H and O–H groups in total. The molecule has 0 saturated carbocycles. The van der Waals surface area contributed by atoms with E-state index in [-0.39, 0.29) is 21.2 Å². The number of nitrogens with one attached hydrogen (secondary N) is 1. The topological polar surface area (TPSA) is 29.1 Å². The van der Waals surface area contributed by atoms with E-state index in [4.69, 9.17) is 23.2 Å². The summed E-state index contributed by atoms with van der Waals surface area (Å²) in [5, 5.41) is 3.22. The molecule has 1 aliphatic heterocycles. The molecule has 0 spiro atoms. The predicted molar refractivity (Wildman–Crippen MR) is 89.4 cm³/mol. The number of halogens is 3. The van der Waals surface area contributed by atoms with E-state index >= 15 is 0 Å². The van der Waals surface area contributed by atoms with Gasteiger partial charge in [0.25, 0.3) is 0 Å². The van der Waals surface area contributed by atoms with Crippen molar-refractivity contribution in [2.24, 2.45) is 10.8 Å². The maximum Gasteiger partial charge on any atom is 0.170 e. The van der Waals surface area contributed by atoms with Crippen LogP contribution < -0.4 is 5.32 Å². The Bertz CT molecular complexity index is 552. The largest absolute Gasteiger partial charge is 0.316 e. The molecule has 1 aromatic carbocycles. The van der Waals surface area contributed by atoms with E-state index < -0.39 is 11.2 Å². The molecule has 0 radical (unpaired) electrons. The lowest BCUT2D eigenvalue weighted by atomic mass is 9.72. The van der Waals surface area contributed by atoms with Gasteiger partial charge < -0.3 is 5.32 Å². The van der Waals surface area contributed by atoms with Crippen molar-refractivity contribution in [2.75, 3.05) is 13.1 Å². The maximum absolute atomic E-state index is 13.8. The number of benzene rings is 1. The Hall–Kier alpha value is -0.640. The van der Waals surface area contributed by atoms with Gasteiger partial charge in [-0.25, -0.2) is 4.39 Å². The molecule has 0 unspecified atom stereocenters. The van der Waals surface area contributed by atoms with Gasteiger partial charge in [-0.3, -0.25) is 4.79 Å². The minimum atomic E-state index is -0.644. The van der Waals surface area contributed by atoms with Crippen LogP contribution in [-0.4, -0.2) is 18.9 Å². The zero-order chi connectivity index (χ0) is 16.5. The molecule has 122 valence electrons. The lowest BCUT2D eigenvalue weighted by Crippen LogP contribution is -2.34. The zero-order valence-corrected chi connectivity index (χ0v) is 14.7. The Morgan fingerprint density at radius 2 is 2.05 bits per heavy atom. The predicted octanol–water partition coefficient (Wildman–Crippen LogP) is 5.12. The summed E-state index contributed by atoms with van der Waals surface area (Å²) in [7, 11) is 0. The third-order valence-corrected chi connectivity index (χ3v) is 5.10. The van der Waals surface area contributed by atoms with Gasteiger partial charge in [-0.15, -0.1) is 0 Å². The summed E-state index contributed by atoms with van der Waals surface area (Å²) in [5.41, 5.74) is -0.0140. The molecule has 0 aromatic heterocycles. The van der Waals surface area contributed by atoms with Gasteiger partial charge in [-0.2, -0.15) is 0 Å². The summed E-state index contributed by atoms with van der Waals surface area (Å²) in [6.07, 6.45) is 2.48. The van der Waals surface area contributed by atoms with E-state index in [2.05, 4.69) is 26.1 Å². The van der Waals surface area contributed by atoms with Gasteiger partial charge in [0.15, 0.2) is 5.78 Å². The SMILES string of the molecule is CC(C)(C)CC[C@]1(C(=O)c2cc(F)c(Cl)c(Cl)c2)CCNC1. The second-order valence-electron chi connectivity index (χ2n) is 7.35. The number of carbonyl (C=O) groups excluding carboxylic acids is 1. The first-order valence-corrected chi connectivity index (χ1v) is 8.30. The molecule has 0 aliphatic carbocycles. The molecule has 2 nitrogen and oxygen atoms in total. The van der Waals surface area contributed by atoms with Crippen LogP contribution in [0.15, 0.2) is 12.1 Å². The molecule has 0 amide bonds. The first-order valence-electron chi connectivity index (χ1n) is 7.55. The number of rotatable bonds is 4. The molecule has 1 atom stereocenters. The molecular formula is C17H22Cl2FNO. The van der Waals surface area contributed by atoms with Crippen LogP contribution in [0.2, 0.25) is 10.0 Å². The van der Waals surface area contributed by atoms with Crippen molar-refractivity contribution < 1.29 is 9.18 Å². The molecule has 1 fully saturated rings. The fraction of sp³-hybridized carbons (Fsp3) is 0.588. The quantitative estimate of drug-likeness (QED) is 0.605. The molecule has 1 saturated heterocycles. The standard InChI is InChI=1S/C17H22Cl2FNO/c1-16(2,3)4-5-17(6-7-21-10-17)15(22)11-8-12(18)14(19)13(20)9-11/h8-9,21H,4-7,10H2,1-3H3/t17-/m0/s1. The summed E-state index contributed by atoms with van der Waals surface area (Å²) in [4.78, 5) is 13.0. The van der Waals surface area contributed by atoms with Crippen LogP contribution in [0.25, 0.3) is 0 Å². The van der Waals surface area contributed by atoms with E-state index in [0.717, 1.165) is 25.8 Å². The Kier molecular flexibility index (Phi) is 5.20. The molecule has 1 aromatic rings. The Morgan fingerprint density at radius 3 is 2.55 bits per heavy atom.